The molecular weight excluding hydrogens is 208 g/mol. The molecule has 2 atom stereocenters. The summed E-state index contributed by atoms with van der Waals surface area (Å²) >= 11 is 0. The highest BCUT2D eigenvalue weighted by Gasteiger charge is 2.35. The molecule has 1 saturated heterocycles. The Balaban J connectivity index is 2.68. The van der Waals surface area contributed by atoms with E-state index in [4.69, 9.17) is 11.6 Å². The zero-order valence-corrected chi connectivity index (χ0v) is 9.77. The van der Waals surface area contributed by atoms with E-state index in [-0.39, 0.29) is 29.7 Å². The molecule has 0 aromatic rings. The van der Waals surface area contributed by atoms with Gasteiger partial charge in [-0.05, 0) is 18.9 Å². The number of carbonyl (C=O) groups is 2. The molecule has 1 aliphatic heterocycles. The molecule has 1 aliphatic rings. The minimum absolute atomic E-state index is 0.146. The number of rotatable bonds is 4. The van der Waals surface area contributed by atoms with E-state index in [0.29, 0.717) is 13.1 Å². The summed E-state index contributed by atoms with van der Waals surface area (Å²) in [5.74, 6) is 4.66. The largest absolute Gasteiger partial charge is 0.369 e. The Morgan fingerprint density at radius 2 is 2.06 bits per heavy atom. The standard InChI is InChI=1S/C10H20N4O2/c1-6(2)8(10(16)13-12)14-4-3-7(5-14)9(11)15/h6-8H,3-5,12H2,1-2H3,(H2,11,15)(H,13,16). The third-order valence-electron chi connectivity index (χ3n) is 3.06. The number of carbonyl (C=O) groups excluding carboxylic acids is 2. The fraction of sp³-hybridized carbons (Fsp3) is 0.800. The van der Waals surface area contributed by atoms with Gasteiger partial charge in [0.05, 0.1) is 12.0 Å². The molecule has 0 bridgehead atoms. The van der Waals surface area contributed by atoms with Crippen LogP contribution in [0.5, 0.6) is 0 Å². The first-order chi connectivity index (χ1) is 7.47. The number of nitrogens with two attached hydrogens (primary N) is 2. The van der Waals surface area contributed by atoms with Crippen LogP contribution in [0.1, 0.15) is 20.3 Å². The maximum atomic E-state index is 11.6. The molecule has 92 valence electrons. The van der Waals surface area contributed by atoms with Gasteiger partial charge in [-0.25, -0.2) is 5.84 Å². The molecule has 0 spiro atoms. The molecule has 0 aromatic heterocycles. The molecule has 16 heavy (non-hydrogen) atoms. The van der Waals surface area contributed by atoms with Gasteiger partial charge in [0.25, 0.3) is 5.91 Å². The van der Waals surface area contributed by atoms with Crippen molar-refractivity contribution in [2.75, 3.05) is 13.1 Å². The zero-order valence-electron chi connectivity index (χ0n) is 9.77. The van der Waals surface area contributed by atoms with Gasteiger partial charge in [0.2, 0.25) is 5.91 Å². The Hall–Kier alpha value is -1.14. The maximum absolute atomic E-state index is 11.6. The lowest BCUT2D eigenvalue weighted by Gasteiger charge is -2.29. The molecule has 1 fully saturated rings. The fourth-order valence-corrected chi connectivity index (χ4v) is 2.25. The summed E-state index contributed by atoms with van der Waals surface area (Å²) in [5, 5.41) is 0. The minimum atomic E-state index is -0.293. The average Bonchev–Trinajstić information content (AvgIpc) is 2.66. The van der Waals surface area contributed by atoms with Crippen molar-refractivity contribution in [2.24, 2.45) is 23.4 Å². The van der Waals surface area contributed by atoms with Gasteiger partial charge in [0.15, 0.2) is 0 Å². The second-order valence-electron chi connectivity index (χ2n) is 4.58. The average molecular weight is 228 g/mol. The highest BCUT2D eigenvalue weighted by Crippen LogP contribution is 2.21. The van der Waals surface area contributed by atoms with Crippen molar-refractivity contribution in [2.45, 2.75) is 26.3 Å². The molecule has 1 rings (SSSR count). The van der Waals surface area contributed by atoms with Gasteiger partial charge >= 0.3 is 0 Å². The number of primary amides is 1. The summed E-state index contributed by atoms with van der Waals surface area (Å²) in [6.07, 6.45) is 0.719. The van der Waals surface area contributed by atoms with Gasteiger partial charge in [-0.3, -0.25) is 19.9 Å². The third-order valence-corrected chi connectivity index (χ3v) is 3.06. The first kappa shape index (κ1) is 12.9. The first-order valence-electron chi connectivity index (χ1n) is 5.51. The summed E-state index contributed by atoms with van der Waals surface area (Å²) in [6, 6.07) is -0.283. The SMILES string of the molecule is CC(C)C(C(=O)NN)N1CCC(C(N)=O)C1. The van der Waals surface area contributed by atoms with E-state index in [0.717, 1.165) is 6.42 Å². The number of hydrogen-bond acceptors (Lipinski definition) is 4. The predicted octanol–water partition coefficient (Wildman–Crippen LogP) is -1.19. The smallest absolute Gasteiger partial charge is 0.251 e. The van der Waals surface area contributed by atoms with Gasteiger partial charge < -0.3 is 5.73 Å². The molecule has 2 unspecified atom stereocenters. The van der Waals surface area contributed by atoms with Crippen LogP contribution in [-0.2, 0) is 9.59 Å². The molecule has 2 amide bonds. The topological polar surface area (TPSA) is 101 Å². The molecule has 6 nitrogen and oxygen atoms in total. The zero-order chi connectivity index (χ0) is 12.3. The highest BCUT2D eigenvalue weighted by atomic mass is 16.2. The summed E-state index contributed by atoms with van der Waals surface area (Å²) in [5.41, 5.74) is 7.42. The number of hydrazine groups is 1. The van der Waals surface area contributed by atoms with Crippen molar-refractivity contribution in [1.29, 1.82) is 0 Å². The Kier molecular flexibility index (Phi) is 4.26. The van der Waals surface area contributed by atoms with Crippen molar-refractivity contribution in [3.63, 3.8) is 0 Å². The molecule has 0 radical (unpaired) electrons. The predicted molar refractivity (Wildman–Crippen MR) is 59.8 cm³/mol. The highest BCUT2D eigenvalue weighted by molar-refractivity contribution is 5.82. The number of nitrogens with one attached hydrogen (secondary N) is 1. The molecule has 0 aromatic carbocycles. The van der Waals surface area contributed by atoms with E-state index < -0.39 is 0 Å². The van der Waals surface area contributed by atoms with Gasteiger partial charge in [-0.1, -0.05) is 13.8 Å². The van der Waals surface area contributed by atoms with Gasteiger partial charge in [0, 0.05) is 6.54 Å². The van der Waals surface area contributed by atoms with Gasteiger partial charge in [0.1, 0.15) is 0 Å². The number of hydrogen-bond donors (Lipinski definition) is 3. The molecule has 6 heteroatoms. The van der Waals surface area contributed by atoms with Crippen LogP contribution in [-0.4, -0.2) is 35.8 Å². The van der Waals surface area contributed by atoms with E-state index in [2.05, 4.69) is 5.43 Å². The van der Waals surface area contributed by atoms with E-state index in [1.807, 2.05) is 18.7 Å². The molecular formula is C10H20N4O2. The van der Waals surface area contributed by atoms with Gasteiger partial charge in [-0.15, -0.1) is 0 Å². The van der Waals surface area contributed by atoms with Crippen molar-refractivity contribution in [1.82, 2.24) is 10.3 Å². The Morgan fingerprint density at radius 1 is 1.44 bits per heavy atom. The van der Waals surface area contributed by atoms with Crippen molar-refractivity contribution >= 4 is 11.8 Å². The lowest BCUT2D eigenvalue weighted by Crippen LogP contribution is -2.51. The number of likely N-dealkylation sites (tertiary alicyclic amines) is 1. The maximum Gasteiger partial charge on any atom is 0.251 e. The fourth-order valence-electron chi connectivity index (χ4n) is 2.25. The van der Waals surface area contributed by atoms with Crippen LogP contribution in [0.15, 0.2) is 0 Å². The second kappa shape index (κ2) is 5.27. The second-order valence-corrected chi connectivity index (χ2v) is 4.58. The summed E-state index contributed by atoms with van der Waals surface area (Å²) < 4.78 is 0. The molecule has 1 heterocycles. The summed E-state index contributed by atoms with van der Waals surface area (Å²) in [6.45, 7) is 5.17. The lowest BCUT2D eigenvalue weighted by molar-refractivity contribution is -0.128. The Bertz CT molecular complexity index is 280. The van der Waals surface area contributed by atoms with E-state index in [9.17, 15) is 9.59 Å². The monoisotopic (exact) mass is 228 g/mol. The minimum Gasteiger partial charge on any atom is -0.369 e. The third kappa shape index (κ3) is 2.70. The quantitative estimate of drug-likeness (QED) is 0.320. The van der Waals surface area contributed by atoms with Crippen LogP contribution >= 0.6 is 0 Å². The van der Waals surface area contributed by atoms with Crippen LogP contribution < -0.4 is 17.0 Å². The van der Waals surface area contributed by atoms with Crippen LogP contribution in [0.3, 0.4) is 0 Å². The Labute approximate surface area is 95.3 Å². The molecule has 0 aliphatic carbocycles. The summed E-state index contributed by atoms with van der Waals surface area (Å²) in [7, 11) is 0. The van der Waals surface area contributed by atoms with E-state index >= 15 is 0 Å². The van der Waals surface area contributed by atoms with Crippen molar-refractivity contribution in [3.05, 3.63) is 0 Å². The van der Waals surface area contributed by atoms with E-state index in [1.54, 1.807) is 0 Å². The van der Waals surface area contributed by atoms with Crippen molar-refractivity contribution < 1.29 is 9.59 Å². The first-order valence-corrected chi connectivity index (χ1v) is 5.51. The molecule has 0 saturated carbocycles. The lowest BCUT2D eigenvalue weighted by atomic mass is 10.0. The van der Waals surface area contributed by atoms with Crippen LogP contribution in [0, 0.1) is 11.8 Å². The van der Waals surface area contributed by atoms with Crippen LogP contribution in [0.2, 0.25) is 0 Å². The summed E-state index contributed by atoms with van der Waals surface area (Å²) in [4.78, 5) is 24.6. The number of nitrogens with zero attached hydrogens (tertiary/aromatic N) is 1. The van der Waals surface area contributed by atoms with Crippen LogP contribution in [0.4, 0.5) is 0 Å². The normalized spacial score (nSPS) is 23.4. The Morgan fingerprint density at radius 3 is 2.44 bits per heavy atom. The number of amides is 2. The van der Waals surface area contributed by atoms with E-state index in [1.165, 1.54) is 0 Å². The van der Waals surface area contributed by atoms with Crippen molar-refractivity contribution in [3.8, 4) is 0 Å². The van der Waals surface area contributed by atoms with Gasteiger partial charge in [-0.2, -0.15) is 0 Å². The molecule has 5 N–H and O–H groups in total. The van der Waals surface area contributed by atoms with Crippen LogP contribution in [0.25, 0.3) is 0 Å².